The summed E-state index contributed by atoms with van der Waals surface area (Å²) in [4.78, 5) is 18.1. The van der Waals surface area contributed by atoms with Crippen LogP contribution in [0, 0.1) is 0 Å². The first-order chi connectivity index (χ1) is 27.3. The number of hydrogen-bond donors (Lipinski definition) is 0. The van der Waals surface area contributed by atoms with Crippen molar-refractivity contribution in [1.29, 1.82) is 0 Å². The zero-order valence-electron chi connectivity index (χ0n) is 29.5. The maximum atomic E-state index is 5.29. The number of benzene rings is 8. The largest absolute Gasteiger partial charge is 0.277 e. The molecule has 0 radical (unpaired) electrons. The van der Waals surface area contributed by atoms with Gasteiger partial charge in [0.1, 0.15) is 0 Å². The van der Waals surface area contributed by atoms with E-state index in [0.717, 1.165) is 32.9 Å². The number of rotatable bonds is 3. The number of fused-ring (bicyclic) bond motifs is 14. The molecule has 10 aromatic rings. The molecule has 1 aliphatic heterocycles. The summed E-state index contributed by atoms with van der Waals surface area (Å²) in [6, 6.07) is 65.5. The predicted molar refractivity (Wildman–Crippen MR) is 224 cm³/mol. The van der Waals surface area contributed by atoms with Crippen LogP contribution in [0.2, 0.25) is 0 Å². The molecule has 0 N–H and O–H groups in total. The summed E-state index contributed by atoms with van der Waals surface area (Å²) >= 11 is 1.86. The molecule has 5 heteroatoms. The highest BCUT2D eigenvalue weighted by Crippen LogP contribution is 2.62. The molecule has 256 valence electrons. The Morgan fingerprint density at radius 3 is 1.69 bits per heavy atom. The van der Waals surface area contributed by atoms with Gasteiger partial charge >= 0.3 is 0 Å². The SMILES string of the molecule is c1ccc(-c2nc(-c3ccccc3)nc(-n3c4cc5c(cc4c4ccc6ccccc6c43)C3(c4ccccc4S5)c4ccccc4-c4ccccc43)n2)cc1. The van der Waals surface area contributed by atoms with Crippen molar-refractivity contribution in [2.24, 2.45) is 0 Å². The zero-order valence-corrected chi connectivity index (χ0v) is 30.3. The molecular formula is C50H30N4S. The van der Waals surface area contributed by atoms with Crippen molar-refractivity contribution in [1.82, 2.24) is 19.5 Å². The first-order valence-corrected chi connectivity index (χ1v) is 19.4. The molecule has 1 spiro atoms. The van der Waals surface area contributed by atoms with Crippen LogP contribution in [0.4, 0.5) is 0 Å². The molecule has 55 heavy (non-hydrogen) atoms. The highest BCUT2D eigenvalue weighted by atomic mass is 32.2. The summed E-state index contributed by atoms with van der Waals surface area (Å²) in [5, 5.41) is 4.65. The summed E-state index contributed by atoms with van der Waals surface area (Å²) in [6.07, 6.45) is 0. The predicted octanol–water partition coefficient (Wildman–Crippen LogP) is 12.3. The van der Waals surface area contributed by atoms with E-state index in [1.54, 1.807) is 0 Å². The van der Waals surface area contributed by atoms with Crippen molar-refractivity contribution >= 4 is 44.3 Å². The van der Waals surface area contributed by atoms with Crippen LogP contribution in [0.3, 0.4) is 0 Å². The molecule has 2 aliphatic rings. The molecule has 0 fully saturated rings. The minimum atomic E-state index is -0.474. The zero-order chi connectivity index (χ0) is 36.1. The van der Waals surface area contributed by atoms with E-state index in [1.165, 1.54) is 53.9 Å². The number of hydrogen-bond acceptors (Lipinski definition) is 4. The maximum absolute atomic E-state index is 5.29. The van der Waals surface area contributed by atoms with Crippen LogP contribution in [0.25, 0.3) is 72.4 Å². The van der Waals surface area contributed by atoms with Crippen LogP contribution in [0.1, 0.15) is 22.3 Å². The third-order valence-corrected chi connectivity index (χ3v) is 12.6. The minimum Gasteiger partial charge on any atom is -0.277 e. The second-order valence-electron chi connectivity index (χ2n) is 14.3. The molecule has 2 aromatic heterocycles. The second-order valence-corrected chi connectivity index (χ2v) is 15.4. The van der Waals surface area contributed by atoms with Gasteiger partial charge in [0.05, 0.1) is 16.4 Å². The first kappa shape index (κ1) is 30.6. The van der Waals surface area contributed by atoms with Crippen LogP contribution in [-0.2, 0) is 5.41 Å². The standard InChI is InChI=1S/C50H30N4S/c1-3-16-32(17-4-1)47-51-48(33-18-5-2-6-19-33)53-49(52-47)54-43-30-45-42(29-38(43)37-28-27-31-15-7-8-20-34(31)46(37)54)50(41-25-13-14-26-44(41)55-45)39-23-11-9-21-35(39)36-22-10-12-24-40(36)50/h1-30H. The first-order valence-electron chi connectivity index (χ1n) is 18.6. The van der Waals surface area contributed by atoms with E-state index in [4.69, 9.17) is 15.0 Å². The van der Waals surface area contributed by atoms with Crippen LogP contribution < -0.4 is 0 Å². The van der Waals surface area contributed by atoms with Crippen LogP contribution in [-0.4, -0.2) is 19.5 Å². The Morgan fingerprint density at radius 1 is 0.418 bits per heavy atom. The lowest BCUT2D eigenvalue weighted by Gasteiger charge is -2.39. The highest BCUT2D eigenvalue weighted by Gasteiger charge is 2.50. The maximum Gasteiger partial charge on any atom is 0.238 e. The lowest BCUT2D eigenvalue weighted by atomic mass is 9.67. The van der Waals surface area contributed by atoms with Crippen molar-refractivity contribution in [3.05, 3.63) is 204 Å². The summed E-state index contributed by atoms with van der Waals surface area (Å²) in [6.45, 7) is 0. The van der Waals surface area contributed by atoms with E-state index >= 15 is 0 Å². The molecule has 0 unspecified atom stereocenters. The fourth-order valence-electron chi connectivity index (χ4n) is 9.23. The Bertz CT molecular complexity index is 3080. The molecule has 4 nitrogen and oxygen atoms in total. The van der Waals surface area contributed by atoms with Gasteiger partial charge < -0.3 is 0 Å². The van der Waals surface area contributed by atoms with Crippen LogP contribution >= 0.6 is 11.8 Å². The van der Waals surface area contributed by atoms with Crippen molar-refractivity contribution in [2.45, 2.75) is 15.2 Å². The lowest BCUT2D eigenvalue weighted by Crippen LogP contribution is -2.32. The van der Waals surface area contributed by atoms with Crippen molar-refractivity contribution in [3.8, 4) is 39.9 Å². The van der Waals surface area contributed by atoms with Gasteiger partial charge in [-0.25, -0.2) is 4.98 Å². The third-order valence-electron chi connectivity index (χ3n) is 11.5. The molecule has 0 atom stereocenters. The van der Waals surface area contributed by atoms with E-state index in [-0.39, 0.29) is 0 Å². The highest BCUT2D eigenvalue weighted by molar-refractivity contribution is 7.99. The Balaban J connectivity index is 1.23. The normalized spacial score (nSPS) is 13.5. The minimum absolute atomic E-state index is 0.474. The fourth-order valence-corrected chi connectivity index (χ4v) is 10.4. The van der Waals surface area contributed by atoms with Gasteiger partial charge in [-0.1, -0.05) is 176 Å². The average Bonchev–Trinajstić information content (AvgIpc) is 3.74. The van der Waals surface area contributed by atoms with Crippen LogP contribution in [0.5, 0.6) is 0 Å². The van der Waals surface area contributed by atoms with Gasteiger partial charge in [0.25, 0.3) is 0 Å². The number of nitrogens with zero attached hydrogens (tertiary/aromatic N) is 4. The van der Waals surface area contributed by atoms with Crippen molar-refractivity contribution in [2.75, 3.05) is 0 Å². The Labute approximate surface area is 321 Å². The quantitative estimate of drug-likeness (QED) is 0.182. The molecule has 0 saturated heterocycles. The summed E-state index contributed by atoms with van der Waals surface area (Å²) < 4.78 is 2.29. The fraction of sp³-hybridized carbons (Fsp3) is 0.0200. The van der Waals surface area contributed by atoms with Crippen LogP contribution in [0.15, 0.2) is 192 Å². The van der Waals surface area contributed by atoms with Gasteiger partial charge in [-0.15, -0.1) is 0 Å². The van der Waals surface area contributed by atoms with Gasteiger partial charge in [-0.3, -0.25) is 4.57 Å². The molecule has 12 rings (SSSR count). The van der Waals surface area contributed by atoms with Gasteiger partial charge in [-0.05, 0) is 57.0 Å². The van der Waals surface area contributed by atoms with Gasteiger partial charge in [-0.2, -0.15) is 9.97 Å². The van der Waals surface area contributed by atoms with E-state index in [1.807, 2.05) is 48.2 Å². The lowest BCUT2D eigenvalue weighted by molar-refractivity contribution is 0.724. The Morgan fingerprint density at radius 2 is 1.00 bits per heavy atom. The second kappa shape index (κ2) is 11.6. The third kappa shape index (κ3) is 4.27. The van der Waals surface area contributed by atoms with Gasteiger partial charge in [0.15, 0.2) is 11.6 Å². The summed E-state index contributed by atoms with van der Waals surface area (Å²) in [5.74, 6) is 1.87. The number of aromatic nitrogens is 4. The van der Waals surface area contributed by atoms with Gasteiger partial charge in [0.2, 0.25) is 5.95 Å². The Kier molecular flexibility index (Phi) is 6.45. The van der Waals surface area contributed by atoms with E-state index in [0.29, 0.717) is 17.6 Å². The van der Waals surface area contributed by atoms with E-state index < -0.39 is 5.41 Å². The van der Waals surface area contributed by atoms with Crippen molar-refractivity contribution < 1.29 is 0 Å². The molecule has 0 saturated carbocycles. The monoisotopic (exact) mass is 718 g/mol. The Hall–Kier alpha value is -6.82. The molecular weight excluding hydrogens is 689 g/mol. The topological polar surface area (TPSA) is 43.6 Å². The molecule has 0 amide bonds. The smallest absolute Gasteiger partial charge is 0.238 e. The average molecular weight is 719 g/mol. The summed E-state index contributed by atoms with van der Waals surface area (Å²) in [7, 11) is 0. The van der Waals surface area contributed by atoms with E-state index in [2.05, 4.69) is 150 Å². The molecule has 0 bridgehead atoms. The molecule has 1 aliphatic carbocycles. The summed E-state index contributed by atoms with van der Waals surface area (Å²) in [5.41, 5.74) is 11.5. The molecule has 3 heterocycles. The van der Waals surface area contributed by atoms with Crippen molar-refractivity contribution in [3.63, 3.8) is 0 Å². The van der Waals surface area contributed by atoms with E-state index in [9.17, 15) is 0 Å². The molecule has 8 aromatic carbocycles. The van der Waals surface area contributed by atoms with Gasteiger partial charge in [0, 0.05) is 37.1 Å².